The smallest absolute Gasteiger partial charge is 0.0531 e. The summed E-state index contributed by atoms with van der Waals surface area (Å²) in [7, 11) is 0. The number of nitrogens with one attached hydrogen (secondary N) is 1. The van der Waals surface area contributed by atoms with Crippen molar-refractivity contribution in [1.82, 2.24) is 15.5 Å². The molecule has 0 amide bonds. The third kappa shape index (κ3) is 3.40. The molecule has 80 valence electrons. The van der Waals surface area contributed by atoms with Crippen LogP contribution >= 0.6 is 24.8 Å². The van der Waals surface area contributed by atoms with E-state index in [1.165, 1.54) is 18.4 Å². The predicted molar refractivity (Wildman–Crippen MR) is 61.4 cm³/mol. The second-order valence-electron chi connectivity index (χ2n) is 3.20. The third-order valence-corrected chi connectivity index (χ3v) is 2.42. The highest BCUT2D eigenvalue weighted by Crippen LogP contribution is 2.23. The number of piperidine rings is 1. The molecular weight excluding hydrogens is 221 g/mol. The first-order chi connectivity index (χ1) is 5.97. The van der Waals surface area contributed by atoms with Crippen LogP contribution in [-0.4, -0.2) is 23.3 Å². The predicted octanol–water partition coefficient (Wildman–Crippen LogP) is 1.79. The number of aromatic nitrogens is 2. The van der Waals surface area contributed by atoms with Crippen molar-refractivity contribution in [2.75, 3.05) is 13.1 Å². The van der Waals surface area contributed by atoms with Gasteiger partial charge < -0.3 is 5.32 Å². The molecule has 1 saturated heterocycles. The van der Waals surface area contributed by atoms with Gasteiger partial charge in [-0.05, 0) is 43.5 Å². The Kier molecular flexibility index (Phi) is 6.79. The van der Waals surface area contributed by atoms with E-state index in [1.54, 1.807) is 6.20 Å². The van der Waals surface area contributed by atoms with E-state index in [-0.39, 0.29) is 24.8 Å². The Morgan fingerprint density at radius 1 is 1.14 bits per heavy atom. The molecule has 5 heteroatoms. The molecule has 1 aromatic heterocycles. The van der Waals surface area contributed by atoms with Gasteiger partial charge in [0.1, 0.15) is 0 Å². The number of halogens is 2. The van der Waals surface area contributed by atoms with Crippen molar-refractivity contribution < 1.29 is 0 Å². The number of rotatable bonds is 1. The van der Waals surface area contributed by atoms with Crippen molar-refractivity contribution in [3.05, 3.63) is 24.0 Å². The minimum absolute atomic E-state index is 0. The highest BCUT2D eigenvalue weighted by molar-refractivity contribution is 5.85. The topological polar surface area (TPSA) is 37.8 Å². The Bertz CT molecular complexity index is 237. The highest BCUT2D eigenvalue weighted by Gasteiger charge is 2.14. The van der Waals surface area contributed by atoms with Crippen LogP contribution in [0.15, 0.2) is 18.5 Å². The summed E-state index contributed by atoms with van der Waals surface area (Å²) in [6, 6.07) is 2.07. The van der Waals surface area contributed by atoms with E-state index in [9.17, 15) is 0 Å². The number of hydrogen-bond donors (Lipinski definition) is 1. The fourth-order valence-electron chi connectivity index (χ4n) is 1.70. The zero-order valence-corrected chi connectivity index (χ0v) is 9.48. The fraction of sp³-hybridized carbons (Fsp3) is 0.556. The van der Waals surface area contributed by atoms with Crippen molar-refractivity contribution in [3.63, 3.8) is 0 Å². The second-order valence-corrected chi connectivity index (χ2v) is 3.20. The SMILES string of the molecule is Cl.Cl.c1cc(C2CCNCC2)cnn1. The second kappa shape index (κ2) is 6.98. The van der Waals surface area contributed by atoms with Crippen LogP contribution in [0.3, 0.4) is 0 Å². The molecular formula is C9H15Cl2N3. The quantitative estimate of drug-likeness (QED) is 0.807. The van der Waals surface area contributed by atoms with Gasteiger partial charge >= 0.3 is 0 Å². The summed E-state index contributed by atoms with van der Waals surface area (Å²) in [5, 5.41) is 11.0. The number of nitrogens with zero attached hydrogens (tertiary/aromatic N) is 2. The van der Waals surface area contributed by atoms with Gasteiger partial charge in [-0.3, -0.25) is 0 Å². The zero-order valence-electron chi connectivity index (χ0n) is 7.85. The number of hydrogen-bond acceptors (Lipinski definition) is 3. The van der Waals surface area contributed by atoms with Gasteiger partial charge in [0.15, 0.2) is 0 Å². The Labute approximate surface area is 96.5 Å². The first-order valence-electron chi connectivity index (χ1n) is 4.44. The van der Waals surface area contributed by atoms with E-state index in [0.29, 0.717) is 5.92 Å². The van der Waals surface area contributed by atoms with Gasteiger partial charge in [0.25, 0.3) is 0 Å². The molecule has 3 nitrogen and oxygen atoms in total. The van der Waals surface area contributed by atoms with Gasteiger partial charge in [0, 0.05) is 6.20 Å². The molecule has 0 radical (unpaired) electrons. The molecule has 1 aliphatic rings. The van der Waals surface area contributed by atoms with Crippen LogP contribution in [-0.2, 0) is 0 Å². The fourth-order valence-corrected chi connectivity index (χ4v) is 1.70. The van der Waals surface area contributed by atoms with E-state index in [0.717, 1.165) is 13.1 Å². The molecule has 14 heavy (non-hydrogen) atoms. The van der Waals surface area contributed by atoms with Crippen molar-refractivity contribution in [3.8, 4) is 0 Å². The maximum Gasteiger partial charge on any atom is 0.0531 e. The van der Waals surface area contributed by atoms with Crippen molar-refractivity contribution in [2.45, 2.75) is 18.8 Å². The van der Waals surface area contributed by atoms with Gasteiger partial charge in [-0.2, -0.15) is 10.2 Å². The minimum atomic E-state index is 0. The molecule has 0 atom stereocenters. The molecule has 0 spiro atoms. The lowest BCUT2D eigenvalue weighted by Gasteiger charge is -2.22. The molecule has 1 aromatic rings. The molecule has 1 fully saturated rings. The van der Waals surface area contributed by atoms with E-state index in [2.05, 4.69) is 21.6 Å². The summed E-state index contributed by atoms with van der Waals surface area (Å²) >= 11 is 0. The van der Waals surface area contributed by atoms with Crippen molar-refractivity contribution in [1.29, 1.82) is 0 Å². The van der Waals surface area contributed by atoms with Crippen LogP contribution in [0.1, 0.15) is 24.3 Å². The monoisotopic (exact) mass is 235 g/mol. The Morgan fingerprint density at radius 3 is 2.43 bits per heavy atom. The summed E-state index contributed by atoms with van der Waals surface area (Å²) in [6.07, 6.45) is 6.12. The maximum atomic E-state index is 3.89. The van der Waals surface area contributed by atoms with E-state index in [1.807, 2.05) is 6.20 Å². The molecule has 0 aliphatic carbocycles. The van der Waals surface area contributed by atoms with Crippen molar-refractivity contribution in [2.24, 2.45) is 0 Å². The average Bonchev–Trinajstić information content (AvgIpc) is 2.21. The average molecular weight is 236 g/mol. The van der Waals surface area contributed by atoms with Gasteiger partial charge in [-0.1, -0.05) is 0 Å². The Balaban J connectivity index is 0.000000845. The highest BCUT2D eigenvalue weighted by atomic mass is 35.5. The summed E-state index contributed by atoms with van der Waals surface area (Å²) in [5.74, 6) is 0.696. The lowest BCUT2D eigenvalue weighted by Crippen LogP contribution is -2.26. The van der Waals surface area contributed by atoms with Crippen LogP contribution in [0.4, 0.5) is 0 Å². The van der Waals surface area contributed by atoms with Crippen molar-refractivity contribution >= 4 is 24.8 Å². The largest absolute Gasteiger partial charge is 0.317 e. The summed E-state index contributed by atoms with van der Waals surface area (Å²) in [5.41, 5.74) is 1.34. The van der Waals surface area contributed by atoms with Crippen LogP contribution < -0.4 is 5.32 Å². The molecule has 2 rings (SSSR count). The summed E-state index contributed by atoms with van der Waals surface area (Å²) in [4.78, 5) is 0. The first kappa shape index (κ1) is 13.6. The van der Waals surface area contributed by atoms with Gasteiger partial charge in [-0.25, -0.2) is 0 Å². The lowest BCUT2D eigenvalue weighted by atomic mass is 9.92. The summed E-state index contributed by atoms with van der Waals surface area (Å²) < 4.78 is 0. The minimum Gasteiger partial charge on any atom is -0.317 e. The van der Waals surface area contributed by atoms with Crippen LogP contribution in [0, 0.1) is 0 Å². The van der Waals surface area contributed by atoms with E-state index >= 15 is 0 Å². The third-order valence-electron chi connectivity index (χ3n) is 2.42. The van der Waals surface area contributed by atoms with Gasteiger partial charge in [0.2, 0.25) is 0 Å². The van der Waals surface area contributed by atoms with Gasteiger partial charge in [-0.15, -0.1) is 24.8 Å². The molecule has 1 N–H and O–H groups in total. The first-order valence-corrected chi connectivity index (χ1v) is 4.44. The Hall–Kier alpha value is -0.380. The summed E-state index contributed by atoms with van der Waals surface area (Å²) in [6.45, 7) is 2.26. The molecule has 0 unspecified atom stereocenters. The molecule has 2 heterocycles. The normalized spacial score (nSPS) is 16.6. The Morgan fingerprint density at radius 2 is 1.86 bits per heavy atom. The van der Waals surface area contributed by atoms with Crippen LogP contribution in [0.2, 0.25) is 0 Å². The molecule has 0 saturated carbocycles. The van der Waals surface area contributed by atoms with Gasteiger partial charge in [0.05, 0.1) is 6.20 Å². The maximum absolute atomic E-state index is 3.89. The van der Waals surface area contributed by atoms with Crippen LogP contribution in [0.25, 0.3) is 0 Å². The molecule has 0 bridgehead atoms. The van der Waals surface area contributed by atoms with E-state index < -0.39 is 0 Å². The molecule has 0 aromatic carbocycles. The zero-order chi connectivity index (χ0) is 8.23. The lowest BCUT2D eigenvalue weighted by molar-refractivity contribution is 0.459. The van der Waals surface area contributed by atoms with E-state index in [4.69, 9.17) is 0 Å². The van der Waals surface area contributed by atoms with Crippen LogP contribution in [0.5, 0.6) is 0 Å². The standard InChI is InChI=1S/C9H13N3.2ClH/c1-4-10-5-2-8(1)9-3-6-11-12-7-9;;/h3,6-8,10H,1-2,4-5H2;2*1H. The molecule has 1 aliphatic heterocycles.